The third kappa shape index (κ3) is 6.88. The number of nitro groups is 1. The Morgan fingerprint density at radius 1 is 1.03 bits per heavy atom. The average molecular weight is 488 g/mol. The highest BCUT2D eigenvalue weighted by atomic mass is 32.2. The zero-order valence-electron chi connectivity index (χ0n) is 17.6. The fraction of sp³-hybridized carbons (Fsp3) is 0.143. The second-order valence-corrected chi connectivity index (χ2v) is 8.52. The smallest absolute Gasteiger partial charge is 0.291 e. The number of hydrogen-bond acceptors (Lipinski definition) is 8. The minimum Gasteiger partial charge on any atom is -0.484 e. The number of nitrogens with zero attached hydrogens (tertiary/aromatic N) is 1. The summed E-state index contributed by atoms with van der Waals surface area (Å²) in [5.74, 6) is -0.461. The number of furan rings is 1. The number of non-ortho nitro benzene ring substituents is 1. The number of anilines is 1. The molecule has 0 saturated heterocycles. The lowest BCUT2D eigenvalue weighted by molar-refractivity contribution is -0.385. The van der Waals surface area contributed by atoms with E-state index in [1.54, 1.807) is 24.3 Å². The fourth-order valence-corrected chi connectivity index (χ4v) is 3.77. The van der Waals surface area contributed by atoms with Gasteiger partial charge in [0, 0.05) is 37.0 Å². The third-order valence-corrected chi connectivity index (χ3v) is 5.74. The molecule has 3 N–H and O–H groups in total. The normalized spacial score (nSPS) is 10.9. The van der Waals surface area contributed by atoms with E-state index in [2.05, 4.69) is 15.4 Å². The van der Waals surface area contributed by atoms with Gasteiger partial charge in [-0.1, -0.05) is 12.1 Å². The van der Waals surface area contributed by atoms with Crippen LogP contribution in [-0.4, -0.2) is 44.9 Å². The van der Waals surface area contributed by atoms with Gasteiger partial charge in [-0.3, -0.25) is 19.7 Å². The first-order valence-electron chi connectivity index (χ1n) is 9.83. The summed E-state index contributed by atoms with van der Waals surface area (Å²) in [6, 6.07) is 14.1. The molecule has 0 bridgehead atoms. The monoisotopic (exact) mass is 488 g/mol. The van der Waals surface area contributed by atoms with E-state index in [-0.39, 0.29) is 36.0 Å². The number of benzene rings is 2. The van der Waals surface area contributed by atoms with Gasteiger partial charge in [0.25, 0.3) is 17.5 Å². The molecule has 0 saturated carbocycles. The maximum Gasteiger partial charge on any atom is 0.291 e. The van der Waals surface area contributed by atoms with Gasteiger partial charge >= 0.3 is 0 Å². The molecule has 0 fully saturated rings. The SMILES string of the molecule is O=C(COc1cccc(NC(=O)c2ccco2)c1)NCCNS(=O)(=O)c1cccc([N+](=O)[O-])c1. The van der Waals surface area contributed by atoms with Crippen molar-refractivity contribution >= 4 is 33.2 Å². The molecule has 0 unspecified atom stereocenters. The number of sulfonamides is 1. The first-order valence-corrected chi connectivity index (χ1v) is 11.3. The van der Waals surface area contributed by atoms with Gasteiger partial charge in [0.05, 0.1) is 16.1 Å². The van der Waals surface area contributed by atoms with Crippen molar-refractivity contribution in [1.82, 2.24) is 10.0 Å². The lowest BCUT2D eigenvalue weighted by Crippen LogP contribution is -2.36. The van der Waals surface area contributed by atoms with Gasteiger partial charge in [-0.05, 0) is 30.3 Å². The molecule has 1 aromatic heterocycles. The predicted molar refractivity (Wildman–Crippen MR) is 120 cm³/mol. The largest absolute Gasteiger partial charge is 0.484 e. The predicted octanol–water partition coefficient (Wildman–Crippen LogP) is 1.91. The number of hydrogen-bond donors (Lipinski definition) is 3. The topological polar surface area (TPSA) is 170 Å². The van der Waals surface area contributed by atoms with Crippen LogP contribution in [0.5, 0.6) is 5.75 Å². The van der Waals surface area contributed by atoms with Crippen LogP contribution in [0.2, 0.25) is 0 Å². The second kappa shape index (κ2) is 11.1. The van der Waals surface area contributed by atoms with Gasteiger partial charge in [-0.25, -0.2) is 13.1 Å². The van der Waals surface area contributed by atoms with E-state index < -0.39 is 26.8 Å². The van der Waals surface area contributed by atoms with Crippen molar-refractivity contribution in [2.75, 3.05) is 25.0 Å². The molecule has 12 nitrogen and oxygen atoms in total. The molecular formula is C21H20N4O8S. The van der Waals surface area contributed by atoms with Gasteiger partial charge in [-0.15, -0.1) is 0 Å². The molecule has 34 heavy (non-hydrogen) atoms. The molecule has 3 rings (SSSR count). The highest BCUT2D eigenvalue weighted by Gasteiger charge is 2.17. The lowest BCUT2D eigenvalue weighted by Gasteiger charge is -2.10. The van der Waals surface area contributed by atoms with E-state index in [4.69, 9.17) is 9.15 Å². The highest BCUT2D eigenvalue weighted by molar-refractivity contribution is 7.89. The van der Waals surface area contributed by atoms with Crippen molar-refractivity contribution in [3.05, 3.63) is 82.8 Å². The minimum absolute atomic E-state index is 0.0321. The summed E-state index contributed by atoms with van der Waals surface area (Å²) >= 11 is 0. The molecule has 0 radical (unpaired) electrons. The van der Waals surface area contributed by atoms with E-state index in [1.165, 1.54) is 36.6 Å². The van der Waals surface area contributed by atoms with Crippen LogP contribution in [-0.2, 0) is 14.8 Å². The second-order valence-electron chi connectivity index (χ2n) is 6.75. The van der Waals surface area contributed by atoms with Gasteiger partial charge < -0.3 is 19.8 Å². The molecule has 0 spiro atoms. The summed E-state index contributed by atoms with van der Waals surface area (Å²) in [6.07, 6.45) is 1.38. The number of nitrogens with one attached hydrogen (secondary N) is 3. The number of ether oxygens (including phenoxy) is 1. The van der Waals surface area contributed by atoms with Gasteiger partial charge in [-0.2, -0.15) is 0 Å². The Morgan fingerprint density at radius 2 is 1.82 bits per heavy atom. The van der Waals surface area contributed by atoms with Crippen LogP contribution in [0.15, 0.2) is 76.2 Å². The van der Waals surface area contributed by atoms with Crippen molar-refractivity contribution in [2.45, 2.75) is 4.90 Å². The molecule has 0 aliphatic rings. The standard InChI is InChI=1S/C21H20N4O8S/c26-20(22-9-10-23-34(30,31)18-7-2-5-16(13-18)25(28)29)14-33-17-6-1-4-15(12-17)24-21(27)19-8-3-11-32-19/h1-8,11-13,23H,9-10,14H2,(H,22,26)(H,24,27). The van der Waals surface area contributed by atoms with E-state index in [0.29, 0.717) is 11.4 Å². The lowest BCUT2D eigenvalue weighted by atomic mass is 10.3. The van der Waals surface area contributed by atoms with Crippen LogP contribution in [0.25, 0.3) is 0 Å². The molecule has 0 aliphatic carbocycles. The van der Waals surface area contributed by atoms with Crippen LogP contribution >= 0.6 is 0 Å². The molecule has 0 aliphatic heterocycles. The summed E-state index contributed by atoms with van der Waals surface area (Å²) in [4.78, 5) is 33.9. The minimum atomic E-state index is -3.98. The van der Waals surface area contributed by atoms with Crippen molar-refractivity contribution in [3.63, 3.8) is 0 Å². The number of carbonyl (C=O) groups is 2. The first-order chi connectivity index (χ1) is 16.2. The fourth-order valence-electron chi connectivity index (χ4n) is 2.70. The molecule has 13 heteroatoms. The molecule has 0 atom stereocenters. The Kier molecular flexibility index (Phi) is 7.95. The average Bonchev–Trinajstić information content (AvgIpc) is 3.36. The van der Waals surface area contributed by atoms with E-state index >= 15 is 0 Å². The molecule has 3 aromatic rings. The summed E-state index contributed by atoms with van der Waals surface area (Å²) < 4.78 is 37.1. The van der Waals surface area contributed by atoms with Crippen LogP contribution in [0.3, 0.4) is 0 Å². The number of nitro benzene ring substituents is 1. The molecule has 2 aromatic carbocycles. The van der Waals surface area contributed by atoms with Gasteiger partial charge in [0.2, 0.25) is 10.0 Å². The number of carbonyl (C=O) groups excluding carboxylic acids is 2. The van der Waals surface area contributed by atoms with Crippen LogP contribution < -0.4 is 20.1 Å². The van der Waals surface area contributed by atoms with E-state index in [9.17, 15) is 28.1 Å². The van der Waals surface area contributed by atoms with Crippen molar-refractivity contribution in [3.8, 4) is 5.75 Å². The van der Waals surface area contributed by atoms with E-state index in [0.717, 1.165) is 6.07 Å². The van der Waals surface area contributed by atoms with Crippen LogP contribution in [0.4, 0.5) is 11.4 Å². The van der Waals surface area contributed by atoms with Crippen LogP contribution in [0, 0.1) is 10.1 Å². The number of rotatable bonds is 11. The van der Waals surface area contributed by atoms with Gasteiger partial charge in [0.15, 0.2) is 12.4 Å². The molecule has 1 heterocycles. The Labute approximate surface area is 194 Å². The zero-order chi connectivity index (χ0) is 24.6. The van der Waals surface area contributed by atoms with E-state index in [1.807, 2.05) is 0 Å². The summed E-state index contributed by atoms with van der Waals surface area (Å²) in [6.45, 7) is -0.506. The Morgan fingerprint density at radius 3 is 2.56 bits per heavy atom. The molecular weight excluding hydrogens is 468 g/mol. The maximum absolute atomic E-state index is 12.2. The maximum atomic E-state index is 12.2. The first kappa shape index (κ1) is 24.4. The van der Waals surface area contributed by atoms with Crippen LogP contribution in [0.1, 0.15) is 10.6 Å². The zero-order valence-corrected chi connectivity index (χ0v) is 18.4. The highest BCUT2D eigenvalue weighted by Crippen LogP contribution is 2.18. The Hall–Kier alpha value is -4.23. The summed E-state index contributed by atoms with van der Waals surface area (Å²) in [5.41, 5.74) is 0.0905. The summed E-state index contributed by atoms with van der Waals surface area (Å²) in [5, 5.41) is 15.9. The molecule has 178 valence electrons. The van der Waals surface area contributed by atoms with Crippen molar-refractivity contribution in [1.29, 1.82) is 0 Å². The summed E-state index contributed by atoms with van der Waals surface area (Å²) in [7, 11) is -3.98. The van der Waals surface area contributed by atoms with Crippen molar-refractivity contribution in [2.24, 2.45) is 0 Å². The molecule has 2 amide bonds. The quantitative estimate of drug-likeness (QED) is 0.209. The third-order valence-electron chi connectivity index (χ3n) is 4.28. The Balaban J connectivity index is 1.42. The van der Waals surface area contributed by atoms with Crippen molar-refractivity contribution < 1.29 is 32.1 Å². The Bertz CT molecular complexity index is 1280. The van der Waals surface area contributed by atoms with Gasteiger partial charge in [0.1, 0.15) is 5.75 Å². The number of amides is 2.